The molecular formula is C12H22O4PtS4. The van der Waals surface area contributed by atoms with Crippen molar-refractivity contribution in [3.8, 4) is 0 Å². The van der Waals surface area contributed by atoms with E-state index in [1.165, 1.54) is 0 Å². The van der Waals surface area contributed by atoms with Gasteiger partial charge in [0.1, 0.15) is 13.2 Å². The Morgan fingerprint density at radius 3 is 1.24 bits per heavy atom. The van der Waals surface area contributed by atoms with Crippen LogP contribution in [0, 0.1) is 0 Å². The third-order valence-corrected chi connectivity index (χ3v) is 1.98. The van der Waals surface area contributed by atoms with Crippen LogP contribution in [0.1, 0.15) is 27.7 Å². The van der Waals surface area contributed by atoms with Crippen molar-refractivity contribution in [3.63, 3.8) is 0 Å². The van der Waals surface area contributed by atoms with E-state index in [-0.39, 0.29) is 42.0 Å². The van der Waals surface area contributed by atoms with E-state index in [0.717, 1.165) is 0 Å². The van der Waals surface area contributed by atoms with Gasteiger partial charge in [-0.15, -0.1) is 0 Å². The average molecular weight is 554 g/mol. The third-order valence-electron chi connectivity index (χ3n) is 1.51. The number of hydrogen-bond donors (Lipinski definition) is 0. The fourth-order valence-corrected chi connectivity index (χ4v) is 1.15. The van der Waals surface area contributed by atoms with Gasteiger partial charge in [-0.2, -0.15) is 0 Å². The van der Waals surface area contributed by atoms with Crippen LogP contribution in [0.2, 0.25) is 0 Å². The first-order chi connectivity index (χ1) is 9.25. The summed E-state index contributed by atoms with van der Waals surface area (Å²) in [5.41, 5.74) is 0. The van der Waals surface area contributed by atoms with Gasteiger partial charge in [0.15, 0.2) is 0 Å². The Hall–Kier alpha value is 0.828. The van der Waals surface area contributed by atoms with Crippen LogP contribution in [0.25, 0.3) is 0 Å². The summed E-state index contributed by atoms with van der Waals surface area (Å²) in [5, 5.41) is 0. The molecule has 0 atom stereocenters. The summed E-state index contributed by atoms with van der Waals surface area (Å²) in [4.78, 5) is 0. The maximum absolute atomic E-state index is 5.16. The predicted molar refractivity (Wildman–Crippen MR) is 94.0 cm³/mol. The topological polar surface area (TPSA) is 36.9 Å². The number of ether oxygens (including phenoxy) is 4. The van der Waals surface area contributed by atoms with Crippen LogP contribution in [-0.2, 0) is 65.3 Å². The maximum atomic E-state index is 5.16. The van der Waals surface area contributed by atoms with Gasteiger partial charge in [0.2, 0.25) is 0 Å². The quantitative estimate of drug-likeness (QED) is 0.258. The van der Waals surface area contributed by atoms with Crippen LogP contribution in [-0.4, -0.2) is 47.4 Å². The summed E-state index contributed by atoms with van der Waals surface area (Å²) in [6, 6.07) is 0. The smallest absolute Gasteiger partial charge is 0.511 e. The zero-order chi connectivity index (χ0) is 16.0. The van der Waals surface area contributed by atoms with Crippen LogP contribution < -0.4 is 0 Å². The van der Waals surface area contributed by atoms with Crippen LogP contribution in [0.4, 0.5) is 0 Å². The monoisotopic (exact) mass is 553 g/mol. The zero-order valence-corrected chi connectivity index (χ0v) is 18.1. The summed E-state index contributed by atoms with van der Waals surface area (Å²) in [5.74, 6) is 0. The molecule has 9 heteroatoms. The van der Waals surface area contributed by atoms with Crippen LogP contribution in [0.5, 0.6) is 0 Å². The van der Waals surface area contributed by atoms with E-state index < -0.39 is 0 Å². The molecule has 0 aromatic heterocycles. The number of hydrogen-bond acceptors (Lipinski definition) is 8. The minimum Gasteiger partial charge on any atom is -0.511 e. The average Bonchev–Trinajstić information content (AvgIpc) is 2.30. The molecule has 0 aromatic rings. The van der Waals surface area contributed by atoms with Crippen molar-refractivity contribution in [1.82, 2.24) is 0 Å². The minimum atomic E-state index is 0. The standard InChI is InChI=1S/2C6H12O2S2.Pt/c2*1-5(2)7-3-4-8-6(9)10;/h2*5H,3-4H2,1-2H3,(H,9,10);/q;;+2/p-2. The van der Waals surface area contributed by atoms with E-state index in [1.54, 1.807) is 0 Å². The van der Waals surface area contributed by atoms with Crippen molar-refractivity contribution in [3.05, 3.63) is 0 Å². The summed E-state index contributed by atoms with van der Waals surface area (Å²) in [6.45, 7) is 9.87. The Balaban J connectivity index is -0.000000295. The van der Waals surface area contributed by atoms with Gasteiger partial charge >= 0.3 is 21.1 Å². The molecule has 21 heavy (non-hydrogen) atoms. The Bertz CT molecular complexity index is 240. The van der Waals surface area contributed by atoms with E-state index in [0.29, 0.717) is 26.4 Å². The van der Waals surface area contributed by atoms with E-state index in [1.807, 2.05) is 27.7 Å². The molecule has 0 spiro atoms. The molecule has 0 saturated carbocycles. The van der Waals surface area contributed by atoms with Crippen molar-refractivity contribution in [2.75, 3.05) is 26.4 Å². The fraction of sp³-hybridized carbons (Fsp3) is 0.833. The van der Waals surface area contributed by atoms with Crippen LogP contribution in [0.15, 0.2) is 0 Å². The zero-order valence-electron chi connectivity index (χ0n) is 12.6. The summed E-state index contributed by atoms with van der Waals surface area (Å²) < 4.78 is 20.3. The molecule has 0 aliphatic heterocycles. The van der Waals surface area contributed by atoms with Gasteiger partial charge in [0.05, 0.1) is 25.4 Å². The van der Waals surface area contributed by atoms with E-state index in [2.05, 4.69) is 49.7 Å². The first-order valence-electron chi connectivity index (χ1n) is 6.16. The molecule has 0 N–H and O–H groups in total. The Kier molecular flexibility index (Phi) is 24.0. The summed E-state index contributed by atoms with van der Waals surface area (Å²) in [7, 11) is 0. The second-order valence-electron chi connectivity index (χ2n) is 4.04. The molecule has 0 bridgehead atoms. The first-order valence-corrected chi connectivity index (χ1v) is 7.79. The molecule has 0 heterocycles. The van der Waals surface area contributed by atoms with Gasteiger partial charge in [0.25, 0.3) is 0 Å². The van der Waals surface area contributed by atoms with Crippen LogP contribution >= 0.6 is 24.4 Å². The molecule has 0 radical (unpaired) electrons. The fourth-order valence-electron chi connectivity index (χ4n) is 0.818. The van der Waals surface area contributed by atoms with E-state index in [4.69, 9.17) is 18.9 Å². The molecule has 0 aliphatic carbocycles. The molecule has 128 valence electrons. The SMILES string of the molecule is CC(C)OCCOC(=S)[S-].CC(C)OCCOC(=S)[S-].[Pt+2]. The van der Waals surface area contributed by atoms with Gasteiger partial charge in [-0.1, -0.05) is 0 Å². The second kappa shape index (κ2) is 18.9. The van der Waals surface area contributed by atoms with Gasteiger partial charge in [-0.3, -0.25) is 0 Å². The summed E-state index contributed by atoms with van der Waals surface area (Å²) in [6.07, 6.45) is 0.476. The molecule has 0 aromatic carbocycles. The molecule has 0 aliphatic rings. The Labute approximate surface area is 164 Å². The Morgan fingerprint density at radius 1 is 0.762 bits per heavy atom. The Morgan fingerprint density at radius 2 is 1.05 bits per heavy atom. The number of rotatable bonds is 8. The normalized spacial score (nSPS) is 9.43. The van der Waals surface area contributed by atoms with Gasteiger partial charge in [-0.25, -0.2) is 0 Å². The predicted octanol–water partition coefficient (Wildman–Crippen LogP) is 2.52. The molecule has 0 unspecified atom stereocenters. The molecule has 0 fully saturated rings. The largest absolute Gasteiger partial charge is 2.00 e. The van der Waals surface area contributed by atoms with Crippen LogP contribution in [0.3, 0.4) is 0 Å². The third kappa shape index (κ3) is 33.6. The van der Waals surface area contributed by atoms with Gasteiger partial charge in [-0.05, 0) is 27.7 Å². The van der Waals surface area contributed by atoms with Crippen molar-refractivity contribution in [2.45, 2.75) is 39.9 Å². The van der Waals surface area contributed by atoms with Crippen molar-refractivity contribution in [2.24, 2.45) is 0 Å². The molecule has 0 amide bonds. The van der Waals surface area contributed by atoms with E-state index >= 15 is 0 Å². The minimum absolute atomic E-state index is 0. The second-order valence-corrected chi connectivity index (χ2v) is 6.04. The first kappa shape index (κ1) is 26.7. The maximum Gasteiger partial charge on any atom is 2.00 e. The molecule has 0 rings (SSSR count). The molecular weight excluding hydrogens is 531 g/mol. The summed E-state index contributed by atoms with van der Waals surface area (Å²) >= 11 is 18.0. The van der Waals surface area contributed by atoms with Crippen molar-refractivity contribution in [1.29, 1.82) is 0 Å². The van der Waals surface area contributed by atoms with E-state index in [9.17, 15) is 0 Å². The van der Waals surface area contributed by atoms with Crippen molar-refractivity contribution < 1.29 is 40.0 Å². The number of thiocarbonyl (C=S) groups is 2. The van der Waals surface area contributed by atoms with Gasteiger partial charge in [0, 0.05) is 8.77 Å². The van der Waals surface area contributed by atoms with Crippen molar-refractivity contribution >= 4 is 58.5 Å². The molecule has 0 saturated heterocycles. The molecule has 4 nitrogen and oxygen atoms in total. The van der Waals surface area contributed by atoms with Gasteiger partial charge < -0.3 is 68.6 Å².